The SMILES string of the molecule is Cc1ccc(CN2C[C@@H]3[C@H](C2)n2cccc2C(=O)N3CC2CC2)s1. The molecule has 1 saturated carbocycles. The first-order valence-electron chi connectivity index (χ1n) is 8.94. The van der Waals surface area contributed by atoms with Crippen molar-refractivity contribution in [3.63, 3.8) is 0 Å². The third kappa shape index (κ3) is 2.42. The summed E-state index contributed by atoms with van der Waals surface area (Å²) in [6, 6.07) is 9.21. The van der Waals surface area contributed by atoms with Gasteiger partial charge in [-0.05, 0) is 49.9 Å². The first-order valence-corrected chi connectivity index (χ1v) is 9.76. The van der Waals surface area contributed by atoms with Gasteiger partial charge in [0.1, 0.15) is 5.69 Å². The first kappa shape index (κ1) is 14.7. The van der Waals surface area contributed by atoms with Gasteiger partial charge in [-0.15, -0.1) is 11.3 Å². The van der Waals surface area contributed by atoms with E-state index in [1.165, 1.54) is 22.6 Å². The molecule has 1 saturated heterocycles. The fraction of sp³-hybridized carbons (Fsp3) is 0.526. The molecule has 2 aliphatic heterocycles. The van der Waals surface area contributed by atoms with Crippen molar-refractivity contribution in [2.24, 2.45) is 5.92 Å². The second-order valence-corrected chi connectivity index (χ2v) is 8.92. The maximum atomic E-state index is 12.9. The van der Waals surface area contributed by atoms with Crippen molar-refractivity contribution in [2.45, 2.75) is 38.4 Å². The van der Waals surface area contributed by atoms with E-state index in [1.54, 1.807) is 0 Å². The Bertz CT molecular complexity index is 775. The number of carbonyl (C=O) groups is 1. The number of likely N-dealkylation sites (tertiary alicyclic amines) is 1. The van der Waals surface area contributed by atoms with Gasteiger partial charge in [0.2, 0.25) is 0 Å². The van der Waals surface area contributed by atoms with Crippen LogP contribution in [-0.4, -0.2) is 46.0 Å². The van der Waals surface area contributed by atoms with Crippen LogP contribution in [0.2, 0.25) is 0 Å². The van der Waals surface area contributed by atoms with Crippen LogP contribution in [0.4, 0.5) is 0 Å². The van der Waals surface area contributed by atoms with Gasteiger partial charge in [-0.1, -0.05) is 0 Å². The lowest BCUT2D eigenvalue weighted by atomic mass is 10.1. The molecule has 2 aromatic rings. The number of aryl methyl sites for hydroxylation is 1. The van der Waals surface area contributed by atoms with E-state index in [4.69, 9.17) is 0 Å². The summed E-state index contributed by atoms with van der Waals surface area (Å²) in [7, 11) is 0. The van der Waals surface area contributed by atoms with E-state index in [1.807, 2.05) is 23.5 Å². The maximum absolute atomic E-state index is 12.9. The maximum Gasteiger partial charge on any atom is 0.270 e. The molecule has 0 radical (unpaired) electrons. The molecular formula is C19H23N3OS. The Morgan fingerprint density at radius 3 is 2.75 bits per heavy atom. The number of hydrogen-bond acceptors (Lipinski definition) is 3. The van der Waals surface area contributed by atoms with E-state index >= 15 is 0 Å². The molecule has 5 heteroatoms. The zero-order valence-electron chi connectivity index (χ0n) is 14.0. The molecule has 2 fully saturated rings. The quantitative estimate of drug-likeness (QED) is 0.855. The molecule has 0 aromatic carbocycles. The van der Waals surface area contributed by atoms with Crippen molar-refractivity contribution in [1.29, 1.82) is 0 Å². The number of fused-ring (bicyclic) bond motifs is 3. The molecule has 126 valence electrons. The van der Waals surface area contributed by atoms with Gasteiger partial charge in [0, 0.05) is 42.1 Å². The van der Waals surface area contributed by atoms with Crippen LogP contribution in [-0.2, 0) is 6.54 Å². The minimum Gasteiger partial charge on any atom is -0.337 e. The summed E-state index contributed by atoms with van der Waals surface area (Å²) >= 11 is 1.89. The molecule has 2 atom stereocenters. The molecule has 1 aliphatic carbocycles. The van der Waals surface area contributed by atoms with Gasteiger partial charge in [-0.2, -0.15) is 0 Å². The third-order valence-corrected chi connectivity index (χ3v) is 6.66. The van der Waals surface area contributed by atoms with Crippen molar-refractivity contribution in [3.8, 4) is 0 Å². The summed E-state index contributed by atoms with van der Waals surface area (Å²) < 4.78 is 2.23. The molecular weight excluding hydrogens is 318 g/mol. The second-order valence-electron chi connectivity index (χ2n) is 7.54. The summed E-state index contributed by atoms with van der Waals surface area (Å²) in [5.74, 6) is 0.979. The van der Waals surface area contributed by atoms with Crippen LogP contribution < -0.4 is 0 Å². The van der Waals surface area contributed by atoms with Gasteiger partial charge in [0.05, 0.1) is 12.1 Å². The summed E-state index contributed by atoms with van der Waals surface area (Å²) in [5.41, 5.74) is 0.880. The lowest BCUT2D eigenvalue weighted by Crippen LogP contribution is -2.51. The molecule has 24 heavy (non-hydrogen) atoms. The number of rotatable bonds is 4. The highest BCUT2D eigenvalue weighted by atomic mass is 32.1. The predicted molar refractivity (Wildman–Crippen MR) is 95.4 cm³/mol. The smallest absolute Gasteiger partial charge is 0.270 e. The zero-order valence-corrected chi connectivity index (χ0v) is 14.8. The molecule has 4 nitrogen and oxygen atoms in total. The number of amides is 1. The molecule has 0 N–H and O–H groups in total. The minimum atomic E-state index is 0.238. The Labute approximate surface area is 146 Å². The highest BCUT2D eigenvalue weighted by Crippen LogP contribution is 2.38. The van der Waals surface area contributed by atoms with Crippen molar-refractivity contribution in [2.75, 3.05) is 19.6 Å². The number of nitrogens with zero attached hydrogens (tertiary/aromatic N) is 3. The molecule has 1 amide bonds. The molecule has 0 bridgehead atoms. The molecule has 4 heterocycles. The predicted octanol–water partition coefficient (Wildman–Crippen LogP) is 3.15. The average Bonchev–Trinajstić information content (AvgIpc) is 2.96. The number of hydrogen-bond donors (Lipinski definition) is 0. The molecule has 5 rings (SSSR count). The van der Waals surface area contributed by atoms with Crippen molar-refractivity contribution in [3.05, 3.63) is 45.9 Å². The largest absolute Gasteiger partial charge is 0.337 e. The first-order chi connectivity index (χ1) is 11.7. The Balaban J connectivity index is 1.42. The van der Waals surface area contributed by atoms with Crippen LogP contribution in [0.15, 0.2) is 30.5 Å². The molecule has 0 unspecified atom stereocenters. The Hall–Kier alpha value is -1.59. The van der Waals surface area contributed by atoms with E-state index < -0.39 is 0 Å². The summed E-state index contributed by atoms with van der Waals surface area (Å²) in [6.45, 7) is 6.17. The van der Waals surface area contributed by atoms with E-state index in [-0.39, 0.29) is 5.91 Å². The van der Waals surface area contributed by atoms with Crippen LogP contribution in [0.3, 0.4) is 0 Å². The van der Waals surface area contributed by atoms with Crippen molar-refractivity contribution < 1.29 is 4.79 Å². The van der Waals surface area contributed by atoms with Crippen LogP contribution in [0.25, 0.3) is 0 Å². The fourth-order valence-corrected chi connectivity index (χ4v) is 5.24. The van der Waals surface area contributed by atoms with E-state index in [0.29, 0.717) is 12.1 Å². The van der Waals surface area contributed by atoms with E-state index in [9.17, 15) is 4.79 Å². The highest BCUT2D eigenvalue weighted by Gasteiger charge is 2.46. The molecule has 3 aliphatic rings. The van der Waals surface area contributed by atoms with Crippen LogP contribution in [0.5, 0.6) is 0 Å². The molecule has 2 aromatic heterocycles. The van der Waals surface area contributed by atoms with Crippen molar-refractivity contribution in [1.82, 2.24) is 14.4 Å². The summed E-state index contributed by atoms with van der Waals surface area (Å²) in [5, 5.41) is 0. The lowest BCUT2D eigenvalue weighted by Gasteiger charge is -2.38. The molecule has 0 spiro atoms. The zero-order chi connectivity index (χ0) is 16.3. The van der Waals surface area contributed by atoms with Gasteiger partial charge in [0.15, 0.2) is 0 Å². The van der Waals surface area contributed by atoms with Crippen LogP contribution in [0, 0.1) is 12.8 Å². The number of thiophene rings is 1. The number of carbonyl (C=O) groups excluding carboxylic acids is 1. The monoisotopic (exact) mass is 341 g/mol. The minimum absolute atomic E-state index is 0.238. The van der Waals surface area contributed by atoms with Gasteiger partial charge < -0.3 is 9.47 Å². The number of aromatic nitrogens is 1. The second kappa shape index (κ2) is 5.46. The summed E-state index contributed by atoms with van der Waals surface area (Å²) in [6.07, 6.45) is 4.68. The van der Waals surface area contributed by atoms with Gasteiger partial charge in [-0.25, -0.2) is 0 Å². The third-order valence-electron chi connectivity index (χ3n) is 5.68. The Kier molecular flexibility index (Phi) is 3.35. The van der Waals surface area contributed by atoms with Gasteiger partial charge >= 0.3 is 0 Å². The topological polar surface area (TPSA) is 28.5 Å². The van der Waals surface area contributed by atoms with Gasteiger partial charge in [0.25, 0.3) is 5.91 Å². The van der Waals surface area contributed by atoms with Gasteiger partial charge in [-0.3, -0.25) is 9.69 Å². The highest BCUT2D eigenvalue weighted by molar-refractivity contribution is 7.11. The Morgan fingerprint density at radius 2 is 2.00 bits per heavy atom. The average molecular weight is 341 g/mol. The Morgan fingerprint density at radius 1 is 1.17 bits per heavy atom. The lowest BCUT2D eigenvalue weighted by molar-refractivity contribution is 0.0565. The van der Waals surface area contributed by atoms with E-state index in [0.717, 1.165) is 37.8 Å². The fourth-order valence-electron chi connectivity index (χ4n) is 4.31. The van der Waals surface area contributed by atoms with Crippen LogP contribution >= 0.6 is 11.3 Å². The van der Waals surface area contributed by atoms with Crippen LogP contribution in [0.1, 0.15) is 39.1 Å². The van der Waals surface area contributed by atoms with E-state index in [2.05, 4.69) is 39.6 Å². The van der Waals surface area contributed by atoms with Crippen molar-refractivity contribution >= 4 is 17.2 Å². The standard InChI is InChI=1S/C19H23N3OS/c1-13-4-7-15(24-13)10-20-11-17-18(12-20)22(9-14-5-6-14)19(23)16-3-2-8-21(16)17/h2-4,7-8,14,17-18H,5-6,9-12H2,1H3/t17-,18+/m0/s1. The normalized spacial score (nSPS) is 26.7. The summed E-state index contributed by atoms with van der Waals surface area (Å²) in [4.78, 5) is 20.5.